The van der Waals surface area contributed by atoms with Gasteiger partial charge in [0.25, 0.3) is 0 Å². The van der Waals surface area contributed by atoms with E-state index in [2.05, 4.69) is 19.1 Å². The van der Waals surface area contributed by atoms with Crippen LogP contribution in [0.4, 0.5) is 0 Å². The molecule has 4 nitrogen and oxygen atoms in total. The Hall–Kier alpha value is -1.48. The number of rotatable bonds is 10. The minimum atomic E-state index is -0.481. The van der Waals surface area contributed by atoms with Gasteiger partial charge in [-0.3, -0.25) is 4.79 Å². The third-order valence-corrected chi connectivity index (χ3v) is 8.42. The number of thiophene rings is 1. The maximum atomic E-state index is 10.8. The number of aldehydes is 1. The lowest BCUT2D eigenvalue weighted by atomic mass is 9.63. The van der Waals surface area contributed by atoms with Gasteiger partial charge in [-0.2, -0.15) is 5.26 Å². The molecular formula is C24H33NO3S. The Bertz CT molecular complexity index is 740. The Kier molecular flexibility index (Phi) is 7.67. The minimum absolute atomic E-state index is 0.0142. The van der Waals surface area contributed by atoms with E-state index in [1.807, 2.05) is 18.2 Å². The van der Waals surface area contributed by atoms with Crippen LogP contribution < -0.4 is 0 Å². The van der Waals surface area contributed by atoms with Crippen molar-refractivity contribution in [2.45, 2.75) is 76.9 Å². The van der Waals surface area contributed by atoms with Gasteiger partial charge in [-0.1, -0.05) is 25.5 Å². The van der Waals surface area contributed by atoms with Crippen LogP contribution in [0.25, 0.3) is 0 Å². The van der Waals surface area contributed by atoms with Gasteiger partial charge in [-0.25, -0.2) is 0 Å². The highest BCUT2D eigenvalue weighted by atomic mass is 32.1. The molecule has 3 rings (SSSR count). The van der Waals surface area contributed by atoms with Crippen LogP contribution in [0.3, 0.4) is 0 Å². The standard InChI is InChI=1S/C24H33NO3S/c1-2-24(12-5-13-24)23(28)9-4-8-21-20(17(15-25)14-22(21)27)7-3-6-18-10-11-19(16-26)29-18/h4,8,10-11,16-17,20-23,27-28H,2-3,5-7,9,12-14H2,1H3/b8-4+/t17?,20-,21?,22+,23?/m0/s1. The topological polar surface area (TPSA) is 81.3 Å². The van der Waals surface area contributed by atoms with Gasteiger partial charge in [0.1, 0.15) is 0 Å². The van der Waals surface area contributed by atoms with Gasteiger partial charge in [0, 0.05) is 10.8 Å². The molecule has 158 valence electrons. The SMILES string of the molecule is CCC1(C(O)C/C=C/C2[C@@H](CCCc3ccc(C=O)s3)C(C#N)C[C@H]2O)CCC1. The average molecular weight is 416 g/mol. The molecule has 2 fully saturated rings. The lowest BCUT2D eigenvalue weighted by Gasteiger charge is -2.45. The van der Waals surface area contributed by atoms with Gasteiger partial charge in [0.2, 0.25) is 0 Å². The molecule has 3 unspecified atom stereocenters. The maximum absolute atomic E-state index is 10.8. The molecule has 29 heavy (non-hydrogen) atoms. The Labute approximate surface area is 178 Å². The fourth-order valence-electron chi connectivity index (χ4n) is 5.23. The van der Waals surface area contributed by atoms with Crippen molar-refractivity contribution in [2.75, 3.05) is 0 Å². The third kappa shape index (κ3) is 4.99. The van der Waals surface area contributed by atoms with Crippen LogP contribution in [0.1, 0.15) is 72.8 Å². The van der Waals surface area contributed by atoms with Crippen LogP contribution in [0.15, 0.2) is 24.3 Å². The van der Waals surface area contributed by atoms with E-state index in [0.717, 1.165) is 49.7 Å². The second-order valence-electron chi connectivity index (χ2n) is 8.84. The fourth-order valence-corrected chi connectivity index (χ4v) is 6.10. The Morgan fingerprint density at radius 3 is 2.79 bits per heavy atom. The second-order valence-corrected chi connectivity index (χ2v) is 10.0. The van der Waals surface area contributed by atoms with Crippen LogP contribution in [0.5, 0.6) is 0 Å². The number of nitriles is 1. The van der Waals surface area contributed by atoms with Crippen molar-refractivity contribution in [3.63, 3.8) is 0 Å². The van der Waals surface area contributed by atoms with Crippen molar-refractivity contribution in [3.05, 3.63) is 34.0 Å². The summed E-state index contributed by atoms with van der Waals surface area (Å²) in [6, 6.07) is 6.26. The molecule has 0 aliphatic heterocycles. The van der Waals surface area contributed by atoms with Crippen LogP contribution in [0, 0.1) is 34.5 Å². The highest BCUT2D eigenvalue weighted by Gasteiger charge is 2.42. The maximum Gasteiger partial charge on any atom is 0.160 e. The highest BCUT2D eigenvalue weighted by Crippen LogP contribution is 2.48. The van der Waals surface area contributed by atoms with E-state index in [1.54, 1.807) is 0 Å². The van der Waals surface area contributed by atoms with E-state index in [-0.39, 0.29) is 29.3 Å². The van der Waals surface area contributed by atoms with E-state index in [4.69, 9.17) is 0 Å². The summed E-state index contributed by atoms with van der Waals surface area (Å²) in [6.45, 7) is 2.16. The van der Waals surface area contributed by atoms with Gasteiger partial charge < -0.3 is 10.2 Å². The third-order valence-electron chi connectivity index (χ3n) is 7.35. The highest BCUT2D eigenvalue weighted by molar-refractivity contribution is 7.13. The van der Waals surface area contributed by atoms with E-state index in [1.165, 1.54) is 22.6 Å². The first-order valence-corrected chi connectivity index (χ1v) is 11.8. The first-order chi connectivity index (χ1) is 14.0. The average Bonchev–Trinajstić information content (AvgIpc) is 3.26. The number of carbonyl (C=O) groups is 1. The largest absolute Gasteiger partial charge is 0.392 e. The summed E-state index contributed by atoms with van der Waals surface area (Å²) in [5.41, 5.74) is 0.0916. The van der Waals surface area contributed by atoms with Crippen molar-refractivity contribution in [2.24, 2.45) is 23.2 Å². The Morgan fingerprint density at radius 1 is 1.41 bits per heavy atom. The first kappa shape index (κ1) is 22.2. The minimum Gasteiger partial charge on any atom is -0.392 e. The van der Waals surface area contributed by atoms with Crippen molar-refractivity contribution in [1.29, 1.82) is 5.26 Å². The lowest BCUT2D eigenvalue weighted by molar-refractivity contribution is -0.0355. The van der Waals surface area contributed by atoms with E-state index in [9.17, 15) is 20.3 Å². The van der Waals surface area contributed by atoms with Crippen molar-refractivity contribution >= 4 is 17.6 Å². The van der Waals surface area contributed by atoms with Gasteiger partial charge in [0.05, 0.1) is 29.1 Å². The molecule has 5 heteroatoms. The molecule has 0 spiro atoms. The van der Waals surface area contributed by atoms with Crippen molar-refractivity contribution in [3.8, 4) is 6.07 Å². The van der Waals surface area contributed by atoms with Crippen LogP contribution in [0.2, 0.25) is 0 Å². The van der Waals surface area contributed by atoms with Crippen LogP contribution in [-0.4, -0.2) is 28.7 Å². The molecule has 2 aliphatic carbocycles. The molecule has 1 heterocycles. The molecule has 2 N–H and O–H groups in total. The number of aliphatic hydroxyl groups is 2. The fraction of sp³-hybridized carbons (Fsp3) is 0.667. The predicted octanol–water partition coefficient (Wildman–Crippen LogP) is 4.91. The second kappa shape index (κ2) is 10.0. The Balaban J connectivity index is 1.56. The summed E-state index contributed by atoms with van der Waals surface area (Å²) in [5.74, 6) is 0.0180. The summed E-state index contributed by atoms with van der Waals surface area (Å²) in [4.78, 5) is 12.8. The molecule has 2 aliphatic rings. The monoisotopic (exact) mass is 415 g/mol. The molecule has 1 aromatic heterocycles. The van der Waals surface area contributed by atoms with Gasteiger partial charge in [-0.15, -0.1) is 11.3 Å². The summed E-state index contributed by atoms with van der Waals surface area (Å²) >= 11 is 1.53. The number of carbonyl (C=O) groups excluding carboxylic acids is 1. The van der Waals surface area contributed by atoms with E-state index in [0.29, 0.717) is 12.8 Å². The zero-order valence-corrected chi connectivity index (χ0v) is 18.1. The van der Waals surface area contributed by atoms with Gasteiger partial charge >= 0.3 is 0 Å². The number of hydrogen-bond donors (Lipinski definition) is 2. The molecule has 0 saturated heterocycles. The van der Waals surface area contributed by atoms with Crippen LogP contribution >= 0.6 is 11.3 Å². The predicted molar refractivity (Wildman–Crippen MR) is 116 cm³/mol. The molecule has 0 bridgehead atoms. The number of hydrogen-bond acceptors (Lipinski definition) is 5. The summed E-state index contributed by atoms with van der Waals surface area (Å²) in [7, 11) is 0. The molecule has 0 aromatic carbocycles. The lowest BCUT2D eigenvalue weighted by Crippen LogP contribution is -2.40. The molecule has 2 saturated carbocycles. The molecule has 0 radical (unpaired) electrons. The smallest absolute Gasteiger partial charge is 0.160 e. The summed E-state index contributed by atoms with van der Waals surface area (Å²) in [6.07, 6.45) is 12.5. The molecule has 0 amide bonds. The first-order valence-electron chi connectivity index (χ1n) is 11.0. The number of aryl methyl sites for hydroxylation is 1. The molecule has 1 aromatic rings. The normalized spacial score (nSPS) is 29.4. The number of nitrogens with zero attached hydrogens (tertiary/aromatic N) is 1. The van der Waals surface area contributed by atoms with E-state index >= 15 is 0 Å². The zero-order chi connectivity index (χ0) is 20.9. The van der Waals surface area contributed by atoms with Crippen LogP contribution in [-0.2, 0) is 6.42 Å². The summed E-state index contributed by atoms with van der Waals surface area (Å²) < 4.78 is 0. The molecule has 5 atom stereocenters. The van der Waals surface area contributed by atoms with Gasteiger partial charge in [-0.05, 0) is 74.8 Å². The zero-order valence-electron chi connectivity index (χ0n) is 17.3. The Morgan fingerprint density at radius 2 is 2.21 bits per heavy atom. The quantitative estimate of drug-likeness (QED) is 0.420. The van der Waals surface area contributed by atoms with Crippen molar-refractivity contribution in [1.82, 2.24) is 0 Å². The van der Waals surface area contributed by atoms with E-state index < -0.39 is 6.10 Å². The summed E-state index contributed by atoms with van der Waals surface area (Å²) in [5, 5.41) is 30.7. The molecular weight excluding hydrogens is 382 g/mol. The number of aliphatic hydroxyl groups excluding tert-OH is 2. The van der Waals surface area contributed by atoms with Gasteiger partial charge in [0.15, 0.2) is 6.29 Å². The van der Waals surface area contributed by atoms with Crippen molar-refractivity contribution < 1.29 is 15.0 Å².